The van der Waals surface area contributed by atoms with Gasteiger partial charge in [0.25, 0.3) is 0 Å². The zero-order valence-corrected chi connectivity index (χ0v) is 12.1. The van der Waals surface area contributed by atoms with Crippen LogP contribution in [0.25, 0.3) is 0 Å². The second-order valence-corrected chi connectivity index (χ2v) is 5.64. The third-order valence-electron chi connectivity index (χ3n) is 2.02. The molecule has 0 saturated heterocycles. The van der Waals surface area contributed by atoms with Crippen molar-refractivity contribution in [3.63, 3.8) is 0 Å². The number of aromatic nitrogens is 2. The van der Waals surface area contributed by atoms with E-state index in [0.717, 1.165) is 27.5 Å². The van der Waals surface area contributed by atoms with Crippen LogP contribution in [-0.4, -0.2) is 16.5 Å². The van der Waals surface area contributed by atoms with E-state index >= 15 is 0 Å². The summed E-state index contributed by atoms with van der Waals surface area (Å²) in [4.78, 5) is 8.94. The van der Waals surface area contributed by atoms with Crippen LogP contribution in [0, 0.1) is 10.5 Å². The molecule has 15 heavy (non-hydrogen) atoms. The van der Waals surface area contributed by atoms with Gasteiger partial charge in [-0.25, -0.2) is 9.97 Å². The number of nitrogens with one attached hydrogen (secondary N) is 1. The summed E-state index contributed by atoms with van der Waals surface area (Å²) in [6.45, 7) is 11.4. The van der Waals surface area contributed by atoms with Gasteiger partial charge in [0.15, 0.2) is 0 Å². The molecule has 0 bridgehead atoms. The maximum absolute atomic E-state index is 4.53. The third kappa shape index (κ3) is 3.03. The van der Waals surface area contributed by atoms with Crippen molar-refractivity contribution >= 4 is 28.4 Å². The molecule has 1 aromatic heterocycles. The summed E-state index contributed by atoms with van der Waals surface area (Å²) in [5, 5.41) is 3.27. The van der Waals surface area contributed by atoms with E-state index in [9.17, 15) is 0 Å². The van der Waals surface area contributed by atoms with Gasteiger partial charge in [0.05, 0.1) is 9.26 Å². The normalized spacial score (nSPS) is 11.6. The van der Waals surface area contributed by atoms with Crippen LogP contribution in [0.5, 0.6) is 0 Å². The molecule has 0 fully saturated rings. The fourth-order valence-electron chi connectivity index (χ4n) is 1.34. The van der Waals surface area contributed by atoms with Crippen molar-refractivity contribution < 1.29 is 0 Å². The lowest BCUT2D eigenvalue weighted by Gasteiger charge is -2.21. The number of anilines is 1. The Bertz CT molecular complexity index is 356. The number of hydrogen-bond acceptors (Lipinski definition) is 3. The first-order valence-corrected chi connectivity index (χ1v) is 6.22. The maximum atomic E-state index is 4.53. The molecule has 0 radical (unpaired) electrons. The van der Waals surface area contributed by atoms with E-state index < -0.39 is 0 Å². The van der Waals surface area contributed by atoms with Crippen LogP contribution in [-0.2, 0) is 5.41 Å². The minimum absolute atomic E-state index is 0.0639. The molecule has 1 rings (SSSR count). The third-order valence-corrected chi connectivity index (χ3v) is 3.04. The summed E-state index contributed by atoms with van der Waals surface area (Å²) >= 11 is 2.32. The van der Waals surface area contributed by atoms with Gasteiger partial charge >= 0.3 is 0 Å². The quantitative estimate of drug-likeness (QED) is 0.851. The van der Waals surface area contributed by atoms with Crippen molar-refractivity contribution in [3.8, 4) is 0 Å². The SMILES string of the molecule is CCNc1nc(C)nc(C(C)(C)C)c1I. The predicted molar refractivity (Wildman–Crippen MR) is 72.3 cm³/mol. The fraction of sp³-hybridized carbons (Fsp3) is 0.636. The van der Waals surface area contributed by atoms with Crippen LogP contribution < -0.4 is 5.32 Å². The second-order valence-electron chi connectivity index (χ2n) is 4.56. The highest BCUT2D eigenvalue weighted by molar-refractivity contribution is 14.1. The predicted octanol–water partition coefficient (Wildman–Crippen LogP) is 3.12. The lowest BCUT2D eigenvalue weighted by atomic mass is 9.92. The van der Waals surface area contributed by atoms with Crippen molar-refractivity contribution in [1.82, 2.24) is 9.97 Å². The molecule has 0 aliphatic heterocycles. The molecule has 0 spiro atoms. The molecule has 4 heteroatoms. The molecule has 0 saturated carbocycles. The Morgan fingerprint density at radius 3 is 2.33 bits per heavy atom. The largest absolute Gasteiger partial charge is 0.369 e. The highest BCUT2D eigenvalue weighted by Crippen LogP contribution is 2.28. The van der Waals surface area contributed by atoms with Crippen LogP contribution in [0.15, 0.2) is 0 Å². The molecular weight excluding hydrogens is 301 g/mol. The Kier molecular flexibility index (Phi) is 3.92. The van der Waals surface area contributed by atoms with Crippen LogP contribution >= 0.6 is 22.6 Å². The first-order chi connectivity index (χ1) is 6.86. The van der Waals surface area contributed by atoms with Crippen molar-refractivity contribution in [2.45, 2.75) is 40.0 Å². The lowest BCUT2D eigenvalue weighted by Crippen LogP contribution is -2.19. The van der Waals surface area contributed by atoms with E-state index in [2.05, 4.69) is 65.6 Å². The number of hydrogen-bond donors (Lipinski definition) is 1. The van der Waals surface area contributed by atoms with Gasteiger partial charge < -0.3 is 5.32 Å². The molecule has 3 nitrogen and oxygen atoms in total. The first kappa shape index (κ1) is 12.7. The van der Waals surface area contributed by atoms with Gasteiger partial charge in [0.2, 0.25) is 0 Å². The average molecular weight is 319 g/mol. The molecule has 1 N–H and O–H groups in total. The molecule has 1 heterocycles. The Balaban J connectivity index is 3.28. The van der Waals surface area contributed by atoms with Crippen LogP contribution in [0.2, 0.25) is 0 Å². The smallest absolute Gasteiger partial charge is 0.143 e. The summed E-state index contributed by atoms with van der Waals surface area (Å²) in [7, 11) is 0. The Morgan fingerprint density at radius 2 is 1.87 bits per heavy atom. The van der Waals surface area contributed by atoms with Crippen LogP contribution in [0.4, 0.5) is 5.82 Å². The highest BCUT2D eigenvalue weighted by atomic mass is 127. The zero-order valence-electron chi connectivity index (χ0n) is 9.98. The molecule has 0 aliphatic carbocycles. The van der Waals surface area contributed by atoms with E-state index in [1.165, 1.54) is 0 Å². The zero-order chi connectivity index (χ0) is 11.6. The molecule has 0 unspecified atom stereocenters. The van der Waals surface area contributed by atoms with Crippen molar-refractivity contribution in [1.29, 1.82) is 0 Å². The van der Waals surface area contributed by atoms with Gasteiger partial charge in [-0.05, 0) is 36.4 Å². The summed E-state index contributed by atoms with van der Waals surface area (Å²) in [5.41, 5.74) is 1.18. The molecule has 0 aromatic carbocycles. The average Bonchev–Trinajstić information content (AvgIpc) is 2.09. The van der Waals surface area contributed by atoms with Crippen molar-refractivity contribution in [3.05, 3.63) is 15.1 Å². The van der Waals surface area contributed by atoms with Gasteiger partial charge in [-0.1, -0.05) is 20.8 Å². The van der Waals surface area contributed by atoms with Gasteiger partial charge in [0, 0.05) is 12.0 Å². The Morgan fingerprint density at radius 1 is 1.27 bits per heavy atom. The topological polar surface area (TPSA) is 37.8 Å². The monoisotopic (exact) mass is 319 g/mol. The summed E-state index contributed by atoms with van der Waals surface area (Å²) in [6, 6.07) is 0. The Labute approximate surface area is 105 Å². The maximum Gasteiger partial charge on any atom is 0.143 e. The highest BCUT2D eigenvalue weighted by Gasteiger charge is 2.21. The molecule has 1 aromatic rings. The van der Waals surface area contributed by atoms with Crippen LogP contribution in [0.3, 0.4) is 0 Å². The van der Waals surface area contributed by atoms with Gasteiger partial charge in [-0.2, -0.15) is 0 Å². The number of halogens is 1. The van der Waals surface area contributed by atoms with E-state index in [-0.39, 0.29) is 5.41 Å². The fourth-order valence-corrected chi connectivity index (χ4v) is 2.58. The van der Waals surface area contributed by atoms with Gasteiger partial charge in [-0.3, -0.25) is 0 Å². The molecule has 0 amide bonds. The number of rotatable bonds is 2. The molecule has 84 valence electrons. The van der Waals surface area contributed by atoms with Gasteiger partial charge in [0.1, 0.15) is 11.6 Å². The van der Waals surface area contributed by atoms with E-state index in [0.29, 0.717) is 0 Å². The Hall–Kier alpha value is -0.390. The van der Waals surface area contributed by atoms with E-state index in [4.69, 9.17) is 0 Å². The van der Waals surface area contributed by atoms with Crippen molar-refractivity contribution in [2.75, 3.05) is 11.9 Å². The van der Waals surface area contributed by atoms with E-state index in [1.54, 1.807) is 0 Å². The second kappa shape index (κ2) is 4.63. The summed E-state index contributed by atoms with van der Waals surface area (Å²) < 4.78 is 1.13. The van der Waals surface area contributed by atoms with Gasteiger partial charge in [-0.15, -0.1) is 0 Å². The van der Waals surface area contributed by atoms with E-state index in [1.807, 2.05) is 6.92 Å². The molecule has 0 atom stereocenters. The van der Waals surface area contributed by atoms with Crippen molar-refractivity contribution in [2.24, 2.45) is 0 Å². The lowest BCUT2D eigenvalue weighted by molar-refractivity contribution is 0.560. The minimum atomic E-state index is 0.0639. The molecular formula is C11H18IN3. The number of nitrogens with zero attached hydrogens (tertiary/aromatic N) is 2. The first-order valence-electron chi connectivity index (χ1n) is 5.14. The van der Waals surface area contributed by atoms with Crippen LogP contribution in [0.1, 0.15) is 39.2 Å². The summed E-state index contributed by atoms with van der Waals surface area (Å²) in [6.07, 6.45) is 0. The molecule has 0 aliphatic rings. The summed E-state index contributed by atoms with van der Waals surface area (Å²) in [5.74, 6) is 1.78. The minimum Gasteiger partial charge on any atom is -0.369 e. The standard InChI is InChI=1S/C11H18IN3/c1-6-13-10-8(12)9(11(3,4)5)14-7(2)15-10/h6H2,1-5H3,(H,13,14,15). The number of aryl methyl sites for hydroxylation is 1.